The Morgan fingerprint density at radius 3 is 2.43 bits per heavy atom. The van der Waals surface area contributed by atoms with Crippen LogP contribution in [0.3, 0.4) is 0 Å². The van der Waals surface area contributed by atoms with Crippen molar-refractivity contribution in [3.8, 4) is 0 Å². The number of rotatable bonds is 7. The first-order chi connectivity index (χ1) is 10.7. The minimum Gasteiger partial charge on any atom is -0.356 e. The van der Waals surface area contributed by atoms with Crippen molar-refractivity contribution in [3.63, 3.8) is 0 Å². The fourth-order valence-corrected chi connectivity index (χ4v) is 2.07. The average Bonchev–Trinajstić information content (AvgIpc) is 2.45. The number of alkyl halides is 3. The number of nitrogens with one attached hydrogen (secondary N) is 2. The van der Waals surface area contributed by atoms with Crippen LogP contribution in [0.1, 0.15) is 43.7 Å². The van der Waals surface area contributed by atoms with E-state index >= 15 is 0 Å². The molecule has 23 heavy (non-hydrogen) atoms. The van der Waals surface area contributed by atoms with Crippen LogP contribution >= 0.6 is 0 Å². The molecule has 0 aliphatic carbocycles. The summed E-state index contributed by atoms with van der Waals surface area (Å²) < 4.78 is 38.0. The Labute approximate surface area is 133 Å². The van der Waals surface area contributed by atoms with Crippen LogP contribution in [0.5, 0.6) is 0 Å². The van der Waals surface area contributed by atoms with Gasteiger partial charge in [-0.25, -0.2) is 0 Å². The maximum Gasteiger partial charge on any atom is 0.416 e. The number of hydrogen-bond donors (Lipinski definition) is 2. The van der Waals surface area contributed by atoms with Gasteiger partial charge >= 0.3 is 6.18 Å². The van der Waals surface area contributed by atoms with Gasteiger partial charge in [0, 0.05) is 26.4 Å². The van der Waals surface area contributed by atoms with Gasteiger partial charge in [-0.1, -0.05) is 25.1 Å². The molecule has 0 saturated heterocycles. The van der Waals surface area contributed by atoms with Gasteiger partial charge in [0.2, 0.25) is 11.8 Å². The first-order valence-electron chi connectivity index (χ1n) is 7.38. The molecule has 1 unspecified atom stereocenters. The maximum atomic E-state index is 12.7. The summed E-state index contributed by atoms with van der Waals surface area (Å²) in [7, 11) is 0. The quantitative estimate of drug-likeness (QED) is 0.755. The third-order valence-electron chi connectivity index (χ3n) is 3.32. The van der Waals surface area contributed by atoms with Crippen LogP contribution in [0.4, 0.5) is 13.2 Å². The standard InChI is InChI=1S/C16H21F3N2O2/c1-11(9-15(23)21-8-4-7-20-12(2)22)13-5-3-6-14(10-13)16(17,18)19/h3,5-6,10-11H,4,7-9H2,1-2H3,(H,20,22)(H,21,23). The molecule has 7 heteroatoms. The molecule has 0 bridgehead atoms. The molecule has 1 rings (SSSR count). The molecule has 2 N–H and O–H groups in total. The van der Waals surface area contributed by atoms with Crippen LogP contribution in [0, 0.1) is 0 Å². The minimum atomic E-state index is -4.39. The van der Waals surface area contributed by atoms with Gasteiger partial charge in [0.25, 0.3) is 0 Å². The average molecular weight is 330 g/mol. The molecule has 2 amide bonds. The highest BCUT2D eigenvalue weighted by Crippen LogP contribution is 2.31. The molecule has 0 aromatic heterocycles. The number of benzene rings is 1. The Hall–Kier alpha value is -2.05. The van der Waals surface area contributed by atoms with Crippen molar-refractivity contribution in [1.29, 1.82) is 0 Å². The van der Waals surface area contributed by atoms with Crippen LogP contribution in [0.15, 0.2) is 24.3 Å². The Morgan fingerprint density at radius 2 is 1.83 bits per heavy atom. The second-order valence-corrected chi connectivity index (χ2v) is 5.41. The van der Waals surface area contributed by atoms with Crippen molar-refractivity contribution >= 4 is 11.8 Å². The first kappa shape index (κ1) is 19.0. The zero-order valence-corrected chi connectivity index (χ0v) is 13.2. The van der Waals surface area contributed by atoms with Gasteiger partial charge in [-0.2, -0.15) is 13.2 Å². The van der Waals surface area contributed by atoms with Crippen molar-refractivity contribution in [2.24, 2.45) is 0 Å². The van der Waals surface area contributed by atoms with Crippen molar-refractivity contribution in [2.45, 2.75) is 38.8 Å². The van der Waals surface area contributed by atoms with Crippen LogP contribution < -0.4 is 10.6 Å². The van der Waals surface area contributed by atoms with E-state index in [-0.39, 0.29) is 24.2 Å². The van der Waals surface area contributed by atoms with E-state index in [2.05, 4.69) is 10.6 Å². The van der Waals surface area contributed by atoms with Gasteiger partial charge in [-0.15, -0.1) is 0 Å². The third kappa shape index (κ3) is 7.17. The molecule has 0 aliphatic heterocycles. The normalized spacial score (nSPS) is 12.6. The summed E-state index contributed by atoms with van der Waals surface area (Å²) >= 11 is 0. The summed E-state index contributed by atoms with van der Waals surface area (Å²) in [6, 6.07) is 5.02. The Morgan fingerprint density at radius 1 is 1.17 bits per heavy atom. The molecule has 0 saturated carbocycles. The molecular weight excluding hydrogens is 309 g/mol. The van der Waals surface area contributed by atoms with Gasteiger partial charge < -0.3 is 10.6 Å². The number of carbonyl (C=O) groups is 2. The monoisotopic (exact) mass is 330 g/mol. The molecule has 1 aromatic rings. The van der Waals surface area contributed by atoms with E-state index in [4.69, 9.17) is 0 Å². The van der Waals surface area contributed by atoms with Gasteiger partial charge in [0.15, 0.2) is 0 Å². The summed E-state index contributed by atoms with van der Waals surface area (Å²) in [5.41, 5.74) is -0.231. The zero-order valence-electron chi connectivity index (χ0n) is 13.2. The van der Waals surface area contributed by atoms with Crippen molar-refractivity contribution in [1.82, 2.24) is 10.6 Å². The molecule has 0 spiro atoms. The van der Waals surface area contributed by atoms with E-state index < -0.39 is 11.7 Å². The van der Waals surface area contributed by atoms with Crippen LogP contribution in [0.25, 0.3) is 0 Å². The second kappa shape index (κ2) is 8.55. The Balaban J connectivity index is 2.45. The topological polar surface area (TPSA) is 58.2 Å². The molecule has 0 aliphatic rings. The van der Waals surface area contributed by atoms with E-state index in [1.54, 1.807) is 13.0 Å². The van der Waals surface area contributed by atoms with E-state index in [0.717, 1.165) is 12.1 Å². The third-order valence-corrected chi connectivity index (χ3v) is 3.32. The van der Waals surface area contributed by atoms with Gasteiger partial charge in [-0.05, 0) is 24.0 Å². The summed E-state index contributed by atoms with van der Waals surface area (Å²) in [5, 5.41) is 5.30. The van der Waals surface area contributed by atoms with Crippen molar-refractivity contribution in [3.05, 3.63) is 35.4 Å². The molecule has 0 heterocycles. The van der Waals surface area contributed by atoms with Gasteiger partial charge in [0.05, 0.1) is 5.56 Å². The van der Waals surface area contributed by atoms with Crippen LogP contribution in [0.2, 0.25) is 0 Å². The SMILES string of the molecule is CC(=O)NCCCNC(=O)CC(C)c1cccc(C(F)(F)F)c1. The molecule has 128 valence electrons. The molecule has 4 nitrogen and oxygen atoms in total. The van der Waals surface area contributed by atoms with E-state index in [1.807, 2.05) is 0 Å². The maximum absolute atomic E-state index is 12.7. The number of amides is 2. The van der Waals surface area contributed by atoms with Crippen LogP contribution in [-0.2, 0) is 15.8 Å². The largest absolute Gasteiger partial charge is 0.416 e. The summed E-state index contributed by atoms with van der Waals surface area (Å²) in [6.45, 7) is 4.01. The predicted octanol–water partition coefficient (Wildman–Crippen LogP) is 2.84. The van der Waals surface area contributed by atoms with E-state index in [1.165, 1.54) is 13.0 Å². The molecule has 1 atom stereocenters. The smallest absolute Gasteiger partial charge is 0.356 e. The lowest BCUT2D eigenvalue weighted by Gasteiger charge is -2.14. The molecule has 0 fully saturated rings. The lowest BCUT2D eigenvalue weighted by molar-refractivity contribution is -0.137. The highest BCUT2D eigenvalue weighted by Gasteiger charge is 2.30. The molecular formula is C16H21F3N2O2. The Kier molecular flexibility index (Phi) is 7.06. The summed E-state index contributed by atoms with van der Waals surface area (Å²) in [5.74, 6) is -0.667. The van der Waals surface area contributed by atoms with E-state index in [0.29, 0.717) is 25.1 Å². The van der Waals surface area contributed by atoms with E-state index in [9.17, 15) is 22.8 Å². The number of halogens is 3. The van der Waals surface area contributed by atoms with Crippen molar-refractivity contribution in [2.75, 3.05) is 13.1 Å². The molecule has 0 radical (unpaired) electrons. The summed E-state index contributed by atoms with van der Waals surface area (Å²) in [6.07, 6.45) is -3.67. The predicted molar refractivity (Wildman–Crippen MR) is 80.8 cm³/mol. The lowest BCUT2D eigenvalue weighted by atomic mass is 9.95. The molecule has 1 aromatic carbocycles. The number of carbonyl (C=O) groups excluding carboxylic acids is 2. The fourth-order valence-electron chi connectivity index (χ4n) is 2.07. The lowest BCUT2D eigenvalue weighted by Crippen LogP contribution is -2.29. The van der Waals surface area contributed by atoms with Crippen LogP contribution in [-0.4, -0.2) is 24.9 Å². The highest BCUT2D eigenvalue weighted by atomic mass is 19.4. The van der Waals surface area contributed by atoms with Gasteiger partial charge in [-0.3, -0.25) is 9.59 Å². The Bertz CT molecular complexity index is 544. The highest BCUT2D eigenvalue weighted by molar-refractivity contribution is 5.76. The fraction of sp³-hybridized carbons (Fsp3) is 0.500. The number of hydrogen-bond acceptors (Lipinski definition) is 2. The first-order valence-corrected chi connectivity index (χ1v) is 7.38. The zero-order chi connectivity index (χ0) is 17.5. The summed E-state index contributed by atoms with van der Waals surface area (Å²) in [4.78, 5) is 22.4. The minimum absolute atomic E-state index is 0.113. The van der Waals surface area contributed by atoms with Crippen molar-refractivity contribution < 1.29 is 22.8 Å². The van der Waals surface area contributed by atoms with Gasteiger partial charge in [0.1, 0.15) is 0 Å². The second-order valence-electron chi connectivity index (χ2n) is 5.41.